The molecule has 0 unspecified atom stereocenters. The highest BCUT2D eigenvalue weighted by Crippen LogP contribution is 2.63. The maximum atomic E-state index is 13.4. The Kier molecular flexibility index (Phi) is 5.14. The highest BCUT2D eigenvalue weighted by Gasteiger charge is 2.58. The Bertz CT molecular complexity index is 874. The van der Waals surface area contributed by atoms with Gasteiger partial charge in [-0.05, 0) is 99.7 Å². The number of fused-ring (bicyclic) bond motifs is 5. The summed E-state index contributed by atoms with van der Waals surface area (Å²) >= 11 is 0. The molecule has 1 aromatic heterocycles. The summed E-state index contributed by atoms with van der Waals surface area (Å²) in [6.45, 7) is 4.45. The van der Waals surface area contributed by atoms with Crippen LogP contribution in [0.4, 0.5) is 0 Å². The summed E-state index contributed by atoms with van der Waals surface area (Å²) in [6, 6.07) is 2.10. The summed E-state index contributed by atoms with van der Waals surface area (Å²) in [5, 5.41) is 24.1. The van der Waals surface area contributed by atoms with Crippen molar-refractivity contribution >= 4 is 10.8 Å². The first kappa shape index (κ1) is 20.7. The maximum Gasteiger partial charge on any atom is 0.116 e. The monoisotopic (exact) mass is 429 g/mol. The summed E-state index contributed by atoms with van der Waals surface area (Å²) < 4.78 is 15.1. The van der Waals surface area contributed by atoms with Crippen LogP contribution in [0.1, 0.15) is 77.2 Å². The lowest BCUT2D eigenvalue weighted by molar-refractivity contribution is -0.0933. The third-order valence-electron chi connectivity index (χ3n) is 9.49. The first-order valence-electron chi connectivity index (χ1n) is 11.8. The van der Waals surface area contributed by atoms with Crippen molar-refractivity contribution in [3.8, 4) is 6.07 Å². The maximum absolute atomic E-state index is 13.4. The first-order valence-corrected chi connectivity index (χ1v) is 13.2. The Labute approximate surface area is 182 Å². The molecule has 5 rings (SSSR count). The van der Waals surface area contributed by atoms with Gasteiger partial charge in [0, 0.05) is 22.2 Å². The molecule has 9 atom stereocenters. The lowest BCUT2D eigenvalue weighted by Crippen LogP contribution is -2.51. The van der Waals surface area contributed by atoms with Crippen LogP contribution in [0.5, 0.6) is 0 Å². The van der Waals surface area contributed by atoms with Gasteiger partial charge in [0.2, 0.25) is 0 Å². The number of nitrogens with zero attached hydrogens (tertiary/aromatic N) is 3. The number of nitriles is 1. The van der Waals surface area contributed by atoms with E-state index in [9.17, 15) is 9.32 Å². The zero-order valence-electron chi connectivity index (χ0n) is 18.3. The number of aromatic nitrogens is 2. The van der Waals surface area contributed by atoms with Crippen molar-refractivity contribution in [3.63, 3.8) is 0 Å². The normalized spacial score (nSPS) is 46.3. The summed E-state index contributed by atoms with van der Waals surface area (Å²) in [6.07, 6.45) is 13.7. The molecule has 4 aliphatic rings. The fraction of sp³-hybridized carbons (Fsp3) is 0.833. The Morgan fingerprint density at radius 2 is 1.97 bits per heavy atom. The highest BCUT2D eigenvalue weighted by atomic mass is 32.2. The van der Waals surface area contributed by atoms with Gasteiger partial charge in [0.25, 0.3) is 0 Å². The van der Waals surface area contributed by atoms with Crippen LogP contribution in [0.3, 0.4) is 0 Å². The van der Waals surface area contributed by atoms with E-state index < -0.39 is 16.4 Å². The largest absolute Gasteiger partial charge is 0.390 e. The van der Waals surface area contributed by atoms with E-state index in [-0.39, 0.29) is 10.7 Å². The van der Waals surface area contributed by atoms with Crippen molar-refractivity contribution in [2.24, 2.45) is 35.0 Å². The Hall–Kier alpha value is -1.19. The average Bonchev–Trinajstić information content (AvgIpc) is 3.30. The second-order valence-corrected chi connectivity index (χ2v) is 12.8. The molecular formula is C24H35N3O2S. The smallest absolute Gasteiger partial charge is 0.116 e. The topological polar surface area (TPSA) is 78.9 Å². The van der Waals surface area contributed by atoms with Gasteiger partial charge in [0.05, 0.1) is 17.4 Å². The molecule has 0 aliphatic heterocycles. The molecule has 4 fully saturated rings. The zero-order chi connectivity index (χ0) is 21.1. The van der Waals surface area contributed by atoms with E-state index in [2.05, 4.69) is 18.1 Å². The van der Waals surface area contributed by atoms with Crippen LogP contribution in [0, 0.1) is 46.3 Å². The molecule has 4 aliphatic carbocycles. The van der Waals surface area contributed by atoms with Gasteiger partial charge in [-0.3, -0.25) is 8.89 Å². The molecule has 0 radical (unpaired) electrons. The van der Waals surface area contributed by atoms with Crippen molar-refractivity contribution in [1.82, 2.24) is 9.78 Å². The molecule has 4 saturated carbocycles. The van der Waals surface area contributed by atoms with Gasteiger partial charge in [0.15, 0.2) is 0 Å². The van der Waals surface area contributed by atoms with Crippen LogP contribution in [0.25, 0.3) is 0 Å². The minimum atomic E-state index is -0.965. The lowest BCUT2D eigenvalue weighted by Gasteiger charge is -2.56. The van der Waals surface area contributed by atoms with Crippen molar-refractivity contribution in [2.75, 3.05) is 0 Å². The van der Waals surface area contributed by atoms with Crippen molar-refractivity contribution in [1.29, 1.82) is 5.26 Å². The van der Waals surface area contributed by atoms with Crippen LogP contribution >= 0.6 is 0 Å². The SMILES string of the molecule is C[C@@]1(O)CC[C@H]2[C@H](CC[C@@H]3[C@@H]2CC[C@]2(C)[C@@H]([S@](=O)Cn4cc(C#N)cn4)CC[C@@H]32)C1. The quantitative estimate of drug-likeness (QED) is 0.780. The van der Waals surface area contributed by atoms with E-state index in [1.54, 1.807) is 17.1 Å². The molecule has 0 amide bonds. The fourth-order valence-corrected chi connectivity index (χ4v) is 10.1. The van der Waals surface area contributed by atoms with E-state index in [0.717, 1.165) is 37.0 Å². The number of rotatable bonds is 3. The molecule has 6 heteroatoms. The predicted octanol–water partition coefficient (Wildman–Crippen LogP) is 4.23. The van der Waals surface area contributed by atoms with Gasteiger partial charge in [-0.1, -0.05) is 6.92 Å². The molecule has 5 nitrogen and oxygen atoms in total. The van der Waals surface area contributed by atoms with E-state index in [1.807, 2.05) is 6.92 Å². The van der Waals surface area contributed by atoms with E-state index in [0.29, 0.717) is 23.3 Å². The van der Waals surface area contributed by atoms with Gasteiger partial charge < -0.3 is 5.11 Å². The second-order valence-electron chi connectivity index (χ2n) is 11.2. The fourth-order valence-electron chi connectivity index (χ4n) is 8.18. The molecule has 30 heavy (non-hydrogen) atoms. The molecule has 0 aromatic carbocycles. The van der Waals surface area contributed by atoms with Gasteiger partial charge in [-0.15, -0.1) is 0 Å². The predicted molar refractivity (Wildman–Crippen MR) is 117 cm³/mol. The van der Waals surface area contributed by atoms with Crippen molar-refractivity contribution in [3.05, 3.63) is 18.0 Å². The van der Waals surface area contributed by atoms with Gasteiger partial charge in [-0.25, -0.2) is 0 Å². The molecule has 1 aromatic rings. The molecular weight excluding hydrogens is 394 g/mol. The molecule has 0 spiro atoms. The zero-order valence-corrected chi connectivity index (χ0v) is 19.1. The van der Waals surface area contributed by atoms with Gasteiger partial charge in [0.1, 0.15) is 11.9 Å². The molecule has 0 saturated heterocycles. The summed E-state index contributed by atoms with van der Waals surface area (Å²) in [7, 11) is -0.965. The van der Waals surface area contributed by atoms with Crippen molar-refractivity contribution in [2.45, 2.75) is 88.4 Å². The first-order chi connectivity index (χ1) is 14.3. The highest BCUT2D eigenvalue weighted by molar-refractivity contribution is 7.84. The van der Waals surface area contributed by atoms with Gasteiger partial charge in [-0.2, -0.15) is 10.4 Å². The molecule has 1 N–H and O–H groups in total. The van der Waals surface area contributed by atoms with Crippen LogP contribution in [0.15, 0.2) is 12.4 Å². The standard InChI is InChI=1S/C24H35N3O2S/c1-23(28)9-7-18-17(11-23)3-4-20-19(18)8-10-24(2)21(20)5-6-22(24)30(29)15-27-14-16(12-25)13-26-27/h13-14,17-22,28H,3-11,15H2,1-2H3/t17-,18+,19-,20-,21+,22+,23-,24+,30-/m1/s1. The average molecular weight is 430 g/mol. The van der Waals surface area contributed by atoms with Crippen molar-refractivity contribution < 1.29 is 9.32 Å². The summed E-state index contributed by atoms with van der Waals surface area (Å²) in [5.41, 5.74) is 0.251. The van der Waals surface area contributed by atoms with Crippen LogP contribution < -0.4 is 0 Å². The molecule has 1 heterocycles. The van der Waals surface area contributed by atoms with Crippen LogP contribution in [-0.2, 0) is 16.7 Å². The van der Waals surface area contributed by atoms with E-state index >= 15 is 0 Å². The summed E-state index contributed by atoms with van der Waals surface area (Å²) in [5.74, 6) is 4.20. The molecule has 0 bridgehead atoms. The van der Waals surface area contributed by atoms with Gasteiger partial charge >= 0.3 is 0 Å². The van der Waals surface area contributed by atoms with Crippen LogP contribution in [-0.4, -0.2) is 29.9 Å². The third-order valence-corrected chi connectivity index (χ3v) is 11.4. The number of aliphatic hydroxyl groups is 1. The van der Waals surface area contributed by atoms with E-state index in [1.165, 1.54) is 38.5 Å². The third kappa shape index (κ3) is 3.37. The lowest BCUT2D eigenvalue weighted by atomic mass is 9.50. The Morgan fingerprint density at radius 3 is 2.73 bits per heavy atom. The Morgan fingerprint density at radius 1 is 1.17 bits per heavy atom. The summed E-state index contributed by atoms with van der Waals surface area (Å²) in [4.78, 5) is 0. The second kappa shape index (κ2) is 7.45. The number of hydrogen-bond acceptors (Lipinski definition) is 4. The molecule has 164 valence electrons. The minimum Gasteiger partial charge on any atom is -0.390 e. The van der Waals surface area contributed by atoms with E-state index in [4.69, 9.17) is 5.26 Å². The number of hydrogen-bond donors (Lipinski definition) is 1. The van der Waals surface area contributed by atoms with Crippen LogP contribution in [0.2, 0.25) is 0 Å². The minimum absolute atomic E-state index is 0.171. The Balaban J connectivity index is 1.30.